The minimum absolute atomic E-state index is 0.564. The Morgan fingerprint density at radius 3 is 0.964 bits per heavy atom. The van der Waals surface area contributed by atoms with E-state index in [2.05, 4.69) is 223 Å². The molecule has 25 heteroatoms. The second-order valence-corrected chi connectivity index (χ2v) is 38.7. The van der Waals surface area contributed by atoms with Crippen LogP contribution in [-0.4, -0.2) is 221 Å². The summed E-state index contributed by atoms with van der Waals surface area (Å²) in [6.45, 7) is 26.8. The van der Waals surface area contributed by atoms with Gasteiger partial charge >= 0.3 is 0 Å². The van der Waals surface area contributed by atoms with E-state index in [0.29, 0.717) is 29.2 Å². The van der Waals surface area contributed by atoms with Crippen molar-refractivity contribution in [3.05, 3.63) is 363 Å². The number of aryl methyl sites for hydroxylation is 1. The number of aromatic nitrogens is 8. The molecule has 21 nitrogen and oxygen atoms in total. The predicted octanol–water partition coefficient (Wildman–Crippen LogP) is 22.7. The highest BCUT2D eigenvalue weighted by atomic mass is 35.5. The van der Waals surface area contributed by atoms with E-state index in [1.807, 2.05) is 171 Å². The summed E-state index contributed by atoms with van der Waals surface area (Å²) >= 11 is 24.5. The van der Waals surface area contributed by atoms with E-state index in [9.17, 15) is 0 Å². The maximum Gasteiger partial charge on any atom is 0.117 e. The molecule has 20 rings (SSSR count). The Balaban J connectivity index is 0.000000127. The van der Waals surface area contributed by atoms with Crippen LogP contribution in [0.2, 0.25) is 20.1 Å². The van der Waals surface area contributed by atoms with Crippen molar-refractivity contribution in [2.45, 2.75) is 135 Å². The Morgan fingerprint density at radius 1 is 0.343 bits per heavy atom. The zero-order chi connectivity index (χ0) is 93.5. The lowest BCUT2D eigenvalue weighted by atomic mass is 10.0. The van der Waals surface area contributed by atoms with Gasteiger partial charge in [0, 0.05) is 261 Å². The number of allylic oxidation sites excluding steroid dienone is 6. The van der Waals surface area contributed by atoms with Crippen LogP contribution in [0.25, 0.3) is 43.6 Å². The van der Waals surface area contributed by atoms with Gasteiger partial charge in [-0.3, -0.25) is 54.5 Å². The van der Waals surface area contributed by atoms with Crippen molar-refractivity contribution < 1.29 is 4.42 Å². The number of benzene rings is 5. The Kier molecular flexibility index (Phi) is 35.8. The van der Waals surface area contributed by atoms with Gasteiger partial charge in [0.25, 0.3) is 0 Å². The maximum atomic E-state index is 6.13. The molecule has 14 aromatic rings. The van der Waals surface area contributed by atoms with Crippen LogP contribution >= 0.6 is 46.4 Å². The first-order valence-corrected chi connectivity index (χ1v) is 50.4. The second-order valence-electron chi connectivity index (χ2n) is 36.9. The third kappa shape index (κ3) is 29.0. The molecule has 4 fully saturated rings. The molecule has 137 heavy (non-hydrogen) atoms. The number of rotatable bonds is 36. The van der Waals surface area contributed by atoms with Gasteiger partial charge in [0.1, 0.15) is 5.76 Å². The van der Waals surface area contributed by atoms with E-state index in [1.54, 1.807) is 6.26 Å². The van der Waals surface area contributed by atoms with Crippen LogP contribution in [0.4, 0.5) is 22.7 Å². The monoisotopic (exact) mass is 1910 g/mol. The number of anilines is 4. The number of furan rings is 1. The van der Waals surface area contributed by atoms with Gasteiger partial charge in [0.15, 0.2) is 0 Å². The molecule has 4 saturated heterocycles. The third-order valence-corrected chi connectivity index (χ3v) is 28.4. The second kappa shape index (κ2) is 50.4. The number of likely N-dealkylation sites (tertiary alicyclic amines) is 4. The zero-order valence-electron chi connectivity index (χ0n) is 78.7. The number of hydrogen-bond acceptors (Lipinski definition) is 20. The fourth-order valence-electron chi connectivity index (χ4n) is 19.9. The van der Waals surface area contributed by atoms with E-state index in [0.717, 1.165) is 257 Å². The number of fused-ring (bicyclic) bond motifs is 4. The van der Waals surface area contributed by atoms with Gasteiger partial charge in [-0.2, -0.15) is 0 Å². The molecule has 0 atom stereocenters. The van der Waals surface area contributed by atoms with Gasteiger partial charge in [0.2, 0.25) is 0 Å². The molecule has 2 aliphatic carbocycles. The molecule has 5 N–H and O–H groups in total. The van der Waals surface area contributed by atoms with Crippen LogP contribution in [0, 0.1) is 6.92 Å². The van der Waals surface area contributed by atoms with Crippen molar-refractivity contribution in [2.75, 3.05) is 139 Å². The molecule has 5 aromatic carbocycles. The smallest absolute Gasteiger partial charge is 0.117 e. The molecule has 0 unspecified atom stereocenters. The highest BCUT2D eigenvalue weighted by Gasteiger charge is 2.31. The summed E-state index contributed by atoms with van der Waals surface area (Å²) in [5.41, 5.74) is 19.2. The van der Waals surface area contributed by atoms with Crippen molar-refractivity contribution in [3.63, 3.8) is 0 Å². The zero-order valence-corrected chi connectivity index (χ0v) is 81.7. The highest BCUT2D eigenvalue weighted by Crippen LogP contribution is 2.33. The van der Waals surface area contributed by atoms with E-state index in [4.69, 9.17) is 50.8 Å². The Morgan fingerprint density at radius 2 is 0.664 bits per heavy atom. The standard InChI is InChI=1S/C30H34ClN5.C28H31ClN6.C27H32ClN5.C27H31ClN4O/c1-23-2-4-24(5-3-23)21-36(22-25-8-13-32-14-9-25)27-11-17-35(18-12-27)19-16-34-29-10-15-33-30-20-26(31)6-7-28(29)30;29-24-1-2-26-27(7-14-32-28(26)19-24)33-15-18-34-16-8-25(9-17-34)35(20-22-3-10-30-11-4-22)21-23-5-12-31-13-6-23;28-22-7-8-25-26(9-13-30-27(25)18-22)31-14-17-32-15-10-24(11-16-32)33(19-21-4-1-2-5-21)20-23-6-3-12-29-23;28-22-7-8-25-26(9-12-29-27(25)18-22)30-13-16-31-14-10-23(11-15-31)32(19-21-4-1-2-5-21)20-24-6-3-17-33-24/h2-10,13-15,20,27H,11-12,16-19,21-22H2,1H3,(H,33,34);1-7,10-14,19,25H,8-9,15-18,20-21H2,(H,32,33);1-4,6-9,12-13,18,24,29H,5,10-11,14-17,19-20H2,(H,30,31);1-4,6-9,12,17-18,23H,5,10-11,13-16,19-20H2,(H,29,30). The van der Waals surface area contributed by atoms with Crippen molar-refractivity contribution in [1.29, 1.82) is 0 Å². The van der Waals surface area contributed by atoms with Gasteiger partial charge in [-0.15, -0.1) is 0 Å². The van der Waals surface area contributed by atoms with Crippen molar-refractivity contribution in [2.24, 2.45) is 0 Å². The van der Waals surface area contributed by atoms with Crippen molar-refractivity contribution in [3.8, 4) is 0 Å². The number of H-pyrrole nitrogens is 1. The van der Waals surface area contributed by atoms with Crippen LogP contribution in [0.5, 0.6) is 0 Å². The first kappa shape index (κ1) is 97.4. The Labute approximate surface area is 827 Å². The number of hydrogen-bond donors (Lipinski definition) is 5. The van der Waals surface area contributed by atoms with Gasteiger partial charge in [-0.1, -0.05) is 124 Å². The first-order chi connectivity index (χ1) is 67.4. The van der Waals surface area contributed by atoms with Crippen LogP contribution in [0.3, 0.4) is 0 Å². The molecule has 0 bridgehead atoms. The molecule has 9 aromatic heterocycles. The minimum atomic E-state index is 0.564. The quantitative estimate of drug-likeness (QED) is 0.0249. The van der Waals surface area contributed by atoms with Crippen LogP contribution in [-0.2, 0) is 39.3 Å². The number of nitrogens with one attached hydrogen (secondary N) is 5. The molecule has 710 valence electrons. The fourth-order valence-corrected chi connectivity index (χ4v) is 20.6. The van der Waals surface area contributed by atoms with Gasteiger partial charge < -0.3 is 50.3 Å². The molecule has 0 radical (unpaired) electrons. The SMILES string of the molecule is Cc1ccc(CN(Cc2ccncc2)C2CCN(CCNc3ccnc4cc(Cl)ccc34)CC2)cc1.Clc1ccc2c(NCCN3CCC(N(CC4=CC=CC4)Cc4ccc[nH]4)CC3)ccnc2c1.Clc1ccc2c(NCCN3CCC(N(CC4=CC=CC4)Cc4ccco4)CC3)ccnc2c1.Clc1ccc2c(NCCN3CCC(N(Cc4ccncc4)Cc4ccncc4)CC3)ccnc2c1. The van der Waals surface area contributed by atoms with E-state index in [-0.39, 0.29) is 0 Å². The fraction of sp³-hybridized carbons (Fsp3) is 0.348. The lowest BCUT2D eigenvalue weighted by Gasteiger charge is -2.39. The van der Waals surface area contributed by atoms with Gasteiger partial charge in [0.05, 0.1) is 34.9 Å². The predicted molar refractivity (Wildman–Crippen MR) is 565 cm³/mol. The molecular weight excluding hydrogens is 1780 g/mol. The number of nitrogens with zero attached hydrogens (tertiary/aromatic N) is 15. The summed E-state index contributed by atoms with van der Waals surface area (Å²) < 4.78 is 5.67. The topological polar surface area (TPSA) is 193 Å². The van der Waals surface area contributed by atoms with E-state index >= 15 is 0 Å². The van der Waals surface area contributed by atoms with Gasteiger partial charge in [-0.25, -0.2) is 0 Å². The van der Waals surface area contributed by atoms with Gasteiger partial charge in [-0.05, 0) is 303 Å². The summed E-state index contributed by atoms with van der Waals surface area (Å²) in [4.78, 5) is 54.6. The Bertz CT molecular complexity index is 5980. The molecular formula is C112H128Cl4N20O. The summed E-state index contributed by atoms with van der Waals surface area (Å²) in [7, 11) is 0. The molecule has 0 spiro atoms. The average Bonchev–Trinajstić information content (AvgIpc) is 1.11. The van der Waals surface area contributed by atoms with E-state index < -0.39 is 0 Å². The molecule has 4 aliphatic heterocycles. The highest BCUT2D eigenvalue weighted by molar-refractivity contribution is 6.32. The summed E-state index contributed by atoms with van der Waals surface area (Å²) in [5.74, 6) is 1.05. The van der Waals surface area contributed by atoms with Crippen LogP contribution < -0.4 is 21.3 Å². The average molecular weight is 1910 g/mol. The number of halogens is 4. The van der Waals surface area contributed by atoms with Crippen molar-refractivity contribution in [1.82, 2.24) is 79.1 Å². The summed E-state index contributed by atoms with van der Waals surface area (Å²) in [6, 6.07) is 64.2. The third-order valence-electron chi connectivity index (χ3n) is 27.5. The lowest BCUT2D eigenvalue weighted by Crippen LogP contribution is -2.46. The Hall–Kier alpha value is -11.3. The minimum Gasteiger partial charge on any atom is -0.468 e. The van der Waals surface area contributed by atoms with Crippen LogP contribution in [0.1, 0.15) is 103 Å². The largest absolute Gasteiger partial charge is 0.468 e. The molecule has 0 saturated carbocycles. The lowest BCUT2D eigenvalue weighted by molar-refractivity contribution is 0.0984. The van der Waals surface area contributed by atoms with Crippen molar-refractivity contribution >= 4 is 113 Å². The number of pyridine rings is 7. The maximum absolute atomic E-state index is 6.13. The number of piperidine rings is 4. The number of aromatic amines is 1. The first-order valence-electron chi connectivity index (χ1n) is 48.9. The molecule has 6 aliphatic rings. The molecule has 13 heterocycles. The summed E-state index contributed by atoms with van der Waals surface area (Å²) in [6.07, 6.45) is 47.7. The normalized spacial score (nSPS) is 16.1. The van der Waals surface area contributed by atoms with Crippen LogP contribution in [0.15, 0.2) is 308 Å². The molecule has 0 amide bonds. The summed E-state index contributed by atoms with van der Waals surface area (Å²) in [5, 5.41) is 21.8. The van der Waals surface area contributed by atoms with E-state index in [1.165, 1.54) is 96.0 Å².